The molecule has 0 aliphatic carbocycles. The molecule has 0 aromatic heterocycles. The van der Waals surface area contributed by atoms with Gasteiger partial charge < -0.3 is 4.74 Å². The first-order valence-electron chi connectivity index (χ1n) is 3.56. The van der Waals surface area contributed by atoms with Crippen molar-refractivity contribution in [2.45, 2.75) is 25.7 Å². The molecule has 0 amide bonds. The summed E-state index contributed by atoms with van der Waals surface area (Å²) in [5.74, 6) is -0.818. The number of hydrogen-bond donors (Lipinski definition) is 0. The van der Waals surface area contributed by atoms with Crippen molar-refractivity contribution in [2.24, 2.45) is 0 Å². The average molecular weight is 196 g/mol. The molecule has 1 saturated heterocycles. The van der Waals surface area contributed by atoms with Gasteiger partial charge in [-0.15, -0.1) is 0 Å². The Kier molecular flexibility index (Phi) is 2.61. The summed E-state index contributed by atoms with van der Waals surface area (Å²) >= 11 is 0. The summed E-state index contributed by atoms with van der Waals surface area (Å²) < 4.78 is 30.7. The first kappa shape index (κ1) is 10.2. The standard InChI is InChI=1S/C6H13O5P/c1-5-6(2,10-5)11-12(7,8-3)9-4/h5H,1-4H3/t5-,6-/m0/s1. The molecule has 72 valence electrons. The van der Waals surface area contributed by atoms with Gasteiger partial charge in [-0.3, -0.25) is 13.6 Å². The SMILES string of the molecule is COP(=O)(OC)O[C@]1(C)O[C@H]1C. The van der Waals surface area contributed by atoms with Gasteiger partial charge in [0.2, 0.25) is 5.79 Å². The highest BCUT2D eigenvalue weighted by Crippen LogP contribution is 2.56. The van der Waals surface area contributed by atoms with Crippen molar-refractivity contribution in [2.75, 3.05) is 14.2 Å². The third-order valence-electron chi connectivity index (χ3n) is 1.83. The molecule has 0 aromatic rings. The highest BCUT2D eigenvalue weighted by Gasteiger charge is 2.55. The Balaban J connectivity index is 2.55. The van der Waals surface area contributed by atoms with Crippen LogP contribution in [0.5, 0.6) is 0 Å². The lowest BCUT2D eigenvalue weighted by Gasteiger charge is -2.15. The molecule has 1 rings (SSSR count). The third-order valence-corrected chi connectivity index (χ3v) is 3.31. The molecule has 2 atom stereocenters. The lowest BCUT2D eigenvalue weighted by atomic mass is 10.3. The molecule has 0 N–H and O–H groups in total. The second kappa shape index (κ2) is 3.09. The molecule has 12 heavy (non-hydrogen) atoms. The topological polar surface area (TPSA) is 57.3 Å². The van der Waals surface area contributed by atoms with Gasteiger partial charge in [-0.05, 0) is 13.8 Å². The Hall–Kier alpha value is 0.0700. The van der Waals surface area contributed by atoms with Crippen molar-refractivity contribution in [1.82, 2.24) is 0 Å². The zero-order chi connectivity index (χ0) is 9.41. The molecule has 0 unspecified atom stereocenters. The Morgan fingerprint density at radius 2 is 1.83 bits per heavy atom. The lowest BCUT2D eigenvalue weighted by molar-refractivity contribution is 0.0326. The van der Waals surface area contributed by atoms with Crippen molar-refractivity contribution in [3.8, 4) is 0 Å². The van der Waals surface area contributed by atoms with Crippen LogP contribution in [0.25, 0.3) is 0 Å². The predicted molar refractivity (Wildman–Crippen MR) is 41.7 cm³/mol. The third kappa shape index (κ3) is 1.87. The number of rotatable bonds is 4. The van der Waals surface area contributed by atoms with Gasteiger partial charge in [0.1, 0.15) is 6.10 Å². The van der Waals surface area contributed by atoms with Crippen LogP contribution in [0.4, 0.5) is 0 Å². The molecule has 0 bridgehead atoms. The fraction of sp³-hybridized carbons (Fsp3) is 1.00. The van der Waals surface area contributed by atoms with Crippen molar-refractivity contribution in [3.63, 3.8) is 0 Å². The summed E-state index contributed by atoms with van der Waals surface area (Å²) in [6.07, 6.45) is -0.0730. The number of ether oxygens (including phenoxy) is 1. The predicted octanol–water partition coefficient (Wildman–Crippen LogP) is 1.54. The Labute approximate surface area is 71.6 Å². The van der Waals surface area contributed by atoms with Crippen LogP contribution in [0, 0.1) is 0 Å². The van der Waals surface area contributed by atoms with Crippen LogP contribution in [0.3, 0.4) is 0 Å². The maximum absolute atomic E-state index is 11.4. The van der Waals surface area contributed by atoms with E-state index in [2.05, 4.69) is 9.05 Å². The maximum atomic E-state index is 11.4. The molecule has 1 fully saturated rings. The molecule has 0 saturated carbocycles. The van der Waals surface area contributed by atoms with Gasteiger partial charge in [-0.2, -0.15) is 0 Å². The van der Waals surface area contributed by atoms with Crippen LogP contribution >= 0.6 is 7.82 Å². The van der Waals surface area contributed by atoms with E-state index in [9.17, 15) is 4.57 Å². The minimum absolute atomic E-state index is 0.0730. The highest BCUT2D eigenvalue weighted by atomic mass is 31.2. The zero-order valence-corrected chi connectivity index (χ0v) is 8.46. The van der Waals surface area contributed by atoms with Crippen molar-refractivity contribution in [1.29, 1.82) is 0 Å². The summed E-state index contributed by atoms with van der Waals surface area (Å²) in [6, 6.07) is 0. The van der Waals surface area contributed by atoms with Crippen LogP contribution in [0.15, 0.2) is 0 Å². The summed E-state index contributed by atoms with van der Waals surface area (Å²) in [5.41, 5.74) is 0. The van der Waals surface area contributed by atoms with Gasteiger partial charge in [0.05, 0.1) is 0 Å². The number of phosphoric ester groups is 1. The first-order chi connectivity index (χ1) is 5.46. The number of epoxide rings is 1. The molecule has 6 heteroatoms. The van der Waals surface area contributed by atoms with Crippen LogP contribution in [0.2, 0.25) is 0 Å². The summed E-state index contributed by atoms with van der Waals surface area (Å²) in [5, 5.41) is 0. The van der Waals surface area contributed by atoms with E-state index in [1.54, 1.807) is 6.92 Å². The van der Waals surface area contributed by atoms with Gasteiger partial charge in [0, 0.05) is 14.2 Å². The van der Waals surface area contributed by atoms with Crippen molar-refractivity contribution < 1.29 is 22.9 Å². The van der Waals surface area contributed by atoms with Gasteiger partial charge >= 0.3 is 7.82 Å². The van der Waals surface area contributed by atoms with E-state index < -0.39 is 13.6 Å². The molecule has 5 nitrogen and oxygen atoms in total. The first-order valence-corrected chi connectivity index (χ1v) is 5.02. The highest BCUT2D eigenvalue weighted by molar-refractivity contribution is 7.48. The van der Waals surface area contributed by atoms with Crippen LogP contribution in [-0.4, -0.2) is 26.1 Å². The smallest absolute Gasteiger partial charge is 0.339 e. The Bertz CT molecular complexity index is 210. The van der Waals surface area contributed by atoms with Crippen LogP contribution < -0.4 is 0 Å². The Morgan fingerprint density at radius 3 is 2.08 bits per heavy atom. The molecular weight excluding hydrogens is 183 g/mol. The molecule has 0 spiro atoms. The fourth-order valence-electron chi connectivity index (χ4n) is 0.784. The van der Waals surface area contributed by atoms with Gasteiger partial charge in [0.15, 0.2) is 0 Å². The lowest BCUT2D eigenvalue weighted by Crippen LogP contribution is -2.13. The minimum Gasteiger partial charge on any atom is -0.339 e. The van der Waals surface area contributed by atoms with E-state index in [1.807, 2.05) is 6.92 Å². The van der Waals surface area contributed by atoms with Crippen LogP contribution in [0.1, 0.15) is 13.8 Å². The number of phosphoric acid groups is 1. The second-order valence-electron chi connectivity index (χ2n) is 2.68. The van der Waals surface area contributed by atoms with Gasteiger partial charge in [-0.25, -0.2) is 4.57 Å². The summed E-state index contributed by atoms with van der Waals surface area (Å²) in [7, 11) is -0.873. The maximum Gasteiger partial charge on any atom is 0.476 e. The molecular formula is C6H13O5P. The molecule has 0 radical (unpaired) electrons. The zero-order valence-electron chi connectivity index (χ0n) is 7.57. The summed E-state index contributed by atoms with van der Waals surface area (Å²) in [4.78, 5) is 0. The van der Waals surface area contributed by atoms with Crippen molar-refractivity contribution in [3.05, 3.63) is 0 Å². The van der Waals surface area contributed by atoms with Crippen molar-refractivity contribution >= 4 is 7.82 Å². The molecule has 1 aliphatic heterocycles. The molecule has 1 heterocycles. The van der Waals surface area contributed by atoms with Crippen LogP contribution in [-0.2, 0) is 22.9 Å². The van der Waals surface area contributed by atoms with Gasteiger partial charge in [0.25, 0.3) is 0 Å². The van der Waals surface area contributed by atoms with Gasteiger partial charge in [-0.1, -0.05) is 0 Å². The quantitative estimate of drug-likeness (QED) is 0.504. The molecule has 1 aliphatic rings. The second-order valence-corrected chi connectivity index (χ2v) is 4.49. The fourth-order valence-corrected chi connectivity index (χ4v) is 1.72. The van der Waals surface area contributed by atoms with E-state index in [1.165, 1.54) is 14.2 Å². The van der Waals surface area contributed by atoms with E-state index in [-0.39, 0.29) is 6.10 Å². The van der Waals surface area contributed by atoms with E-state index >= 15 is 0 Å². The number of hydrogen-bond acceptors (Lipinski definition) is 5. The largest absolute Gasteiger partial charge is 0.476 e. The minimum atomic E-state index is -3.40. The van der Waals surface area contributed by atoms with E-state index in [0.717, 1.165) is 0 Å². The summed E-state index contributed by atoms with van der Waals surface area (Å²) in [6.45, 7) is 3.50. The average Bonchev–Trinajstić information content (AvgIpc) is 2.59. The monoisotopic (exact) mass is 196 g/mol. The molecule has 0 aromatic carbocycles. The Morgan fingerprint density at radius 1 is 1.42 bits per heavy atom. The normalized spacial score (nSPS) is 35.2. The van der Waals surface area contributed by atoms with E-state index in [0.29, 0.717) is 0 Å². The van der Waals surface area contributed by atoms with E-state index in [4.69, 9.17) is 9.26 Å².